The summed E-state index contributed by atoms with van der Waals surface area (Å²) in [5, 5.41) is 5.29. The molecule has 0 saturated heterocycles. The van der Waals surface area contributed by atoms with Gasteiger partial charge >= 0.3 is 0 Å². The van der Waals surface area contributed by atoms with Gasteiger partial charge in [-0.1, -0.05) is 97.1 Å². The van der Waals surface area contributed by atoms with Crippen LogP contribution in [0.25, 0.3) is 55.0 Å². The number of rotatable bonds is 4. The summed E-state index contributed by atoms with van der Waals surface area (Å²) in [6.07, 6.45) is 6.69. The highest BCUT2D eigenvalue weighted by Crippen LogP contribution is 2.70. The fourth-order valence-corrected chi connectivity index (χ4v) is 10.9. The Morgan fingerprint density at radius 3 is 0.979 bits per heavy atom. The second-order valence-electron chi connectivity index (χ2n) is 14.9. The van der Waals surface area contributed by atoms with Crippen LogP contribution in [0.1, 0.15) is 43.2 Å². The Morgan fingerprint density at radius 2 is 0.660 bits per heavy atom. The second kappa shape index (κ2) is 9.26. The van der Waals surface area contributed by atoms with Gasteiger partial charge in [-0.05, 0) is 114 Å². The Kier molecular flexibility index (Phi) is 5.13. The average molecular weight is 605 g/mol. The molecular weight excluding hydrogens is 569 g/mol. The van der Waals surface area contributed by atoms with Crippen LogP contribution in [0.15, 0.2) is 146 Å². The smallest absolute Gasteiger partial charge is 0.0541 e. The van der Waals surface area contributed by atoms with Crippen LogP contribution in [0, 0.1) is 11.8 Å². The summed E-state index contributed by atoms with van der Waals surface area (Å²) < 4.78 is 4.89. The number of hydrogen-bond donors (Lipinski definition) is 0. The van der Waals surface area contributed by atoms with E-state index in [4.69, 9.17) is 0 Å². The SMILES string of the molecule is c1ccc2c(c1)c1ccccc1n2-c1ccc(C23CC4CC(c5ccc(-n6c7ccccc7c7ccccc76)cc5)(CC4C2)C3)cc1. The molecule has 0 aliphatic heterocycles. The lowest BCUT2D eigenvalue weighted by Gasteiger charge is -2.47. The van der Waals surface area contributed by atoms with Crippen LogP contribution in [0.5, 0.6) is 0 Å². The molecule has 4 bridgehead atoms. The first-order valence-electron chi connectivity index (χ1n) is 17.4. The molecule has 47 heavy (non-hydrogen) atoms. The Labute approximate surface area is 274 Å². The van der Waals surface area contributed by atoms with Crippen molar-refractivity contribution in [3.63, 3.8) is 0 Å². The van der Waals surface area contributed by atoms with E-state index >= 15 is 0 Å². The van der Waals surface area contributed by atoms with E-state index in [-0.39, 0.29) is 10.8 Å². The molecule has 6 aromatic carbocycles. The van der Waals surface area contributed by atoms with Crippen LogP contribution in [0.2, 0.25) is 0 Å². The number of nitrogens with zero attached hydrogens (tertiary/aromatic N) is 2. The standard InChI is InChI=1S/C45H36N2/c1-5-13-40-36(9-1)37-10-2-6-14-41(37)46(40)34-21-17-32(18-22-34)44-25-30-27-45(29-44,28-31(30)26-44)33-19-23-35(24-20-33)47-42-15-7-3-11-38(42)39-12-4-8-16-43(39)47/h1-24,30-31H,25-29H2. The lowest BCUT2D eigenvalue weighted by atomic mass is 9.57. The van der Waals surface area contributed by atoms with Crippen molar-refractivity contribution in [3.05, 3.63) is 157 Å². The highest BCUT2D eigenvalue weighted by Gasteiger charge is 2.63. The van der Waals surface area contributed by atoms with Gasteiger partial charge in [0.1, 0.15) is 0 Å². The van der Waals surface area contributed by atoms with Crippen molar-refractivity contribution in [2.24, 2.45) is 11.8 Å². The minimum Gasteiger partial charge on any atom is -0.309 e. The predicted molar refractivity (Wildman–Crippen MR) is 195 cm³/mol. The summed E-state index contributed by atoms with van der Waals surface area (Å²) >= 11 is 0. The summed E-state index contributed by atoms with van der Waals surface area (Å²) in [7, 11) is 0. The molecule has 0 radical (unpaired) electrons. The zero-order chi connectivity index (χ0) is 30.7. The van der Waals surface area contributed by atoms with E-state index in [9.17, 15) is 0 Å². The molecule has 12 rings (SSSR count). The summed E-state index contributed by atoms with van der Waals surface area (Å²) in [5.41, 5.74) is 11.3. The molecule has 8 aromatic rings. The third kappa shape index (κ3) is 3.51. The maximum atomic E-state index is 2.48. The molecule has 4 aliphatic rings. The number of aromatic nitrogens is 2. The van der Waals surface area contributed by atoms with Crippen molar-refractivity contribution in [1.82, 2.24) is 9.13 Å². The first-order chi connectivity index (χ1) is 23.2. The van der Waals surface area contributed by atoms with Crippen LogP contribution >= 0.6 is 0 Å². The monoisotopic (exact) mass is 604 g/mol. The van der Waals surface area contributed by atoms with E-state index in [0.717, 1.165) is 11.8 Å². The summed E-state index contributed by atoms with van der Waals surface area (Å²) in [6.45, 7) is 0. The predicted octanol–water partition coefficient (Wildman–Crippen LogP) is 11.3. The zero-order valence-corrected chi connectivity index (χ0v) is 26.4. The van der Waals surface area contributed by atoms with Gasteiger partial charge in [-0.2, -0.15) is 0 Å². The van der Waals surface area contributed by atoms with Gasteiger partial charge in [-0.3, -0.25) is 0 Å². The van der Waals surface area contributed by atoms with E-state index in [1.54, 1.807) is 11.1 Å². The van der Waals surface area contributed by atoms with E-state index in [0.29, 0.717) is 0 Å². The molecule has 4 saturated carbocycles. The summed E-state index contributed by atoms with van der Waals surface area (Å²) in [5.74, 6) is 1.69. The molecule has 226 valence electrons. The molecule has 4 fully saturated rings. The Bertz CT molecular complexity index is 2210. The number of fused-ring (bicyclic) bond motifs is 6. The minimum atomic E-state index is 0.288. The first kappa shape index (κ1) is 26.0. The third-order valence-electron chi connectivity index (χ3n) is 12.6. The molecule has 2 heterocycles. The normalized spacial score (nSPS) is 24.8. The van der Waals surface area contributed by atoms with Crippen molar-refractivity contribution in [2.45, 2.75) is 42.9 Å². The third-order valence-corrected chi connectivity index (χ3v) is 12.6. The van der Waals surface area contributed by atoms with Crippen LogP contribution in [-0.2, 0) is 10.8 Å². The Morgan fingerprint density at radius 1 is 0.362 bits per heavy atom. The van der Waals surface area contributed by atoms with Gasteiger partial charge < -0.3 is 9.13 Å². The molecule has 2 aromatic heterocycles. The topological polar surface area (TPSA) is 9.86 Å². The number of benzene rings is 6. The van der Waals surface area contributed by atoms with Crippen LogP contribution in [-0.4, -0.2) is 9.13 Å². The Balaban J connectivity index is 0.955. The lowest BCUT2D eigenvalue weighted by Crippen LogP contribution is -2.41. The highest BCUT2D eigenvalue weighted by atomic mass is 15.0. The largest absolute Gasteiger partial charge is 0.309 e. The quantitative estimate of drug-likeness (QED) is 0.189. The van der Waals surface area contributed by atoms with Crippen molar-refractivity contribution < 1.29 is 0 Å². The van der Waals surface area contributed by atoms with Crippen LogP contribution in [0.3, 0.4) is 0 Å². The van der Waals surface area contributed by atoms with Gasteiger partial charge in [0.05, 0.1) is 22.1 Å². The molecule has 0 unspecified atom stereocenters. The van der Waals surface area contributed by atoms with Crippen molar-refractivity contribution in [1.29, 1.82) is 0 Å². The average Bonchev–Trinajstić information content (AvgIpc) is 3.80. The summed E-state index contributed by atoms with van der Waals surface area (Å²) in [6, 6.07) is 54.8. The maximum absolute atomic E-state index is 2.48. The molecule has 2 heteroatoms. The first-order valence-corrected chi connectivity index (χ1v) is 17.4. The second-order valence-corrected chi connectivity index (χ2v) is 14.9. The van der Waals surface area contributed by atoms with Gasteiger partial charge in [-0.15, -0.1) is 0 Å². The molecule has 2 nitrogen and oxygen atoms in total. The van der Waals surface area contributed by atoms with Crippen LogP contribution < -0.4 is 0 Å². The molecule has 0 spiro atoms. The highest BCUT2D eigenvalue weighted by molar-refractivity contribution is 6.10. The fraction of sp³-hybridized carbons (Fsp3) is 0.200. The zero-order valence-electron chi connectivity index (χ0n) is 26.4. The number of hydrogen-bond acceptors (Lipinski definition) is 0. The summed E-state index contributed by atoms with van der Waals surface area (Å²) in [4.78, 5) is 0. The molecule has 0 N–H and O–H groups in total. The minimum absolute atomic E-state index is 0.288. The van der Waals surface area contributed by atoms with Crippen molar-refractivity contribution >= 4 is 43.6 Å². The molecular formula is C45H36N2. The van der Waals surface area contributed by atoms with E-state index in [1.807, 2.05) is 0 Å². The molecule has 0 amide bonds. The van der Waals surface area contributed by atoms with E-state index < -0.39 is 0 Å². The van der Waals surface area contributed by atoms with Crippen LogP contribution in [0.4, 0.5) is 0 Å². The fourth-order valence-electron chi connectivity index (χ4n) is 10.9. The number of para-hydroxylation sites is 4. The maximum Gasteiger partial charge on any atom is 0.0541 e. The van der Waals surface area contributed by atoms with Gasteiger partial charge in [-0.25, -0.2) is 0 Å². The van der Waals surface area contributed by atoms with Crippen molar-refractivity contribution in [2.75, 3.05) is 0 Å². The van der Waals surface area contributed by atoms with Gasteiger partial charge in [0, 0.05) is 32.9 Å². The van der Waals surface area contributed by atoms with E-state index in [1.165, 1.54) is 87.1 Å². The van der Waals surface area contributed by atoms with Gasteiger partial charge in [0.15, 0.2) is 0 Å². The lowest BCUT2D eigenvalue weighted by molar-refractivity contribution is 0.189. The molecule has 4 aliphatic carbocycles. The van der Waals surface area contributed by atoms with E-state index in [2.05, 4.69) is 155 Å². The van der Waals surface area contributed by atoms with Crippen molar-refractivity contribution in [3.8, 4) is 11.4 Å². The molecule has 0 atom stereocenters. The Hall–Kier alpha value is -5.08. The van der Waals surface area contributed by atoms with Gasteiger partial charge in [0.2, 0.25) is 0 Å². The van der Waals surface area contributed by atoms with Gasteiger partial charge in [0.25, 0.3) is 0 Å².